The topological polar surface area (TPSA) is 75.4 Å². The summed E-state index contributed by atoms with van der Waals surface area (Å²) >= 11 is 0. The third-order valence-electron chi connectivity index (χ3n) is 5.55. The Hall–Kier alpha value is -2.40. The van der Waals surface area contributed by atoms with Crippen molar-refractivity contribution < 1.29 is 9.59 Å². The molecule has 1 saturated heterocycles. The first kappa shape index (κ1) is 19.4. The molecule has 0 aromatic heterocycles. The predicted octanol–water partition coefficient (Wildman–Crippen LogP) is 2.65. The highest BCUT2D eigenvalue weighted by Gasteiger charge is 2.25. The van der Waals surface area contributed by atoms with Crippen LogP contribution in [-0.2, 0) is 9.59 Å². The Morgan fingerprint density at radius 3 is 2.48 bits per heavy atom. The van der Waals surface area contributed by atoms with Crippen LogP contribution in [0.5, 0.6) is 0 Å². The molecule has 27 heavy (non-hydrogen) atoms. The second-order valence-corrected chi connectivity index (χ2v) is 7.71. The molecular formula is C22H29N3O2. The van der Waals surface area contributed by atoms with Crippen molar-refractivity contribution in [1.29, 1.82) is 0 Å². The van der Waals surface area contributed by atoms with E-state index in [1.165, 1.54) is 16.3 Å². The number of piperidine rings is 1. The fraction of sp³-hybridized carbons (Fsp3) is 0.455. The lowest BCUT2D eigenvalue weighted by Crippen LogP contribution is -2.49. The number of benzene rings is 2. The minimum absolute atomic E-state index is 0.0260. The van der Waals surface area contributed by atoms with E-state index in [2.05, 4.69) is 47.8 Å². The summed E-state index contributed by atoms with van der Waals surface area (Å²) in [5.74, 6) is 0.223. The number of rotatable bonds is 5. The molecule has 0 radical (unpaired) electrons. The zero-order chi connectivity index (χ0) is 19.4. The van der Waals surface area contributed by atoms with E-state index in [0.29, 0.717) is 5.92 Å². The van der Waals surface area contributed by atoms with Gasteiger partial charge in [0.05, 0.1) is 12.6 Å². The number of fused-ring (bicyclic) bond motifs is 1. The molecule has 2 aromatic rings. The van der Waals surface area contributed by atoms with Crippen LogP contribution in [0.15, 0.2) is 42.5 Å². The van der Waals surface area contributed by atoms with Crippen molar-refractivity contribution in [2.75, 3.05) is 19.6 Å². The number of nitrogens with one attached hydrogen (secondary N) is 1. The van der Waals surface area contributed by atoms with Crippen LogP contribution >= 0.6 is 0 Å². The smallest absolute Gasteiger partial charge is 0.241 e. The first-order valence-corrected chi connectivity index (χ1v) is 9.76. The molecule has 2 aromatic carbocycles. The Bertz CT molecular complexity index is 805. The van der Waals surface area contributed by atoms with Crippen LogP contribution in [0.25, 0.3) is 10.8 Å². The molecule has 0 unspecified atom stereocenters. The van der Waals surface area contributed by atoms with Crippen LogP contribution < -0.4 is 11.1 Å². The average molecular weight is 367 g/mol. The average Bonchev–Trinajstić information content (AvgIpc) is 2.70. The SMILES string of the molecule is CC(C)[C@H](N)C(=O)NCC(=O)N1CCC(c2cccc3ccccc23)CC1. The molecule has 3 rings (SSSR count). The molecule has 1 aliphatic heterocycles. The largest absolute Gasteiger partial charge is 0.346 e. The third-order valence-corrected chi connectivity index (χ3v) is 5.55. The summed E-state index contributed by atoms with van der Waals surface area (Å²) in [4.78, 5) is 26.2. The van der Waals surface area contributed by atoms with Gasteiger partial charge >= 0.3 is 0 Å². The lowest BCUT2D eigenvalue weighted by atomic mass is 9.86. The van der Waals surface area contributed by atoms with Gasteiger partial charge in [0.25, 0.3) is 0 Å². The van der Waals surface area contributed by atoms with Gasteiger partial charge in [-0.25, -0.2) is 0 Å². The fourth-order valence-electron chi connectivity index (χ4n) is 3.74. The van der Waals surface area contributed by atoms with Gasteiger partial charge in [0, 0.05) is 13.1 Å². The molecule has 1 aliphatic rings. The van der Waals surface area contributed by atoms with E-state index in [9.17, 15) is 9.59 Å². The van der Waals surface area contributed by atoms with Crippen molar-refractivity contribution in [2.45, 2.75) is 38.6 Å². The second-order valence-electron chi connectivity index (χ2n) is 7.71. The number of hydrogen-bond donors (Lipinski definition) is 2. The van der Waals surface area contributed by atoms with Crippen molar-refractivity contribution in [3.63, 3.8) is 0 Å². The molecular weight excluding hydrogens is 338 g/mol. The molecule has 2 amide bonds. The zero-order valence-corrected chi connectivity index (χ0v) is 16.2. The lowest BCUT2D eigenvalue weighted by molar-refractivity contribution is -0.134. The number of likely N-dealkylation sites (tertiary alicyclic amines) is 1. The van der Waals surface area contributed by atoms with Gasteiger partial charge in [-0.2, -0.15) is 0 Å². The number of carbonyl (C=O) groups is 2. The maximum Gasteiger partial charge on any atom is 0.241 e. The van der Waals surface area contributed by atoms with Crippen molar-refractivity contribution in [3.05, 3.63) is 48.0 Å². The van der Waals surface area contributed by atoms with Crippen molar-refractivity contribution in [1.82, 2.24) is 10.2 Å². The van der Waals surface area contributed by atoms with Crippen LogP contribution in [-0.4, -0.2) is 42.4 Å². The zero-order valence-electron chi connectivity index (χ0n) is 16.2. The summed E-state index contributed by atoms with van der Waals surface area (Å²) < 4.78 is 0. The summed E-state index contributed by atoms with van der Waals surface area (Å²) in [6.07, 6.45) is 1.89. The highest BCUT2D eigenvalue weighted by atomic mass is 16.2. The number of carbonyl (C=O) groups excluding carboxylic acids is 2. The molecule has 3 N–H and O–H groups in total. The van der Waals surface area contributed by atoms with Gasteiger partial charge in [0.15, 0.2) is 0 Å². The van der Waals surface area contributed by atoms with Gasteiger partial charge in [-0.05, 0) is 41.0 Å². The van der Waals surface area contributed by atoms with Gasteiger partial charge in [-0.1, -0.05) is 56.3 Å². The number of amides is 2. The number of nitrogens with two attached hydrogens (primary N) is 1. The summed E-state index contributed by atoms with van der Waals surface area (Å²) in [5.41, 5.74) is 7.19. The fourth-order valence-corrected chi connectivity index (χ4v) is 3.74. The van der Waals surface area contributed by atoms with Crippen LogP contribution in [0, 0.1) is 5.92 Å². The molecule has 0 spiro atoms. The third kappa shape index (κ3) is 4.48. The molecule has 1 atom stereocenters. The molecule has 1 fully saturated rings. The summed E-state index contributed by atoms with van der Waals surface area (Å²) in [6, 6.07) is 14.3. The molecule has 144 valence electrons. The summed E-state index contributed by atoms with van der Waals surface area (Å²) in [7, 11) is 0. The standard InChI is InChI=1S/C22H29N3O2/c1-15(2)21(23)22(27)24-14-20(26)25-12-10-17(11-13-25)19-9-5-7-16-6-3-4-8-18(16)19/h3-9,15,17,21H,10-14,23H2,1-2H3,(H,24,27)/t21-/m0/s1. The Morgan fingerprint density at radius 2 is 1.78 bits per heavy atom. The maximum absolute atomic E-state index is 12.4. The van der Waals surface area contributed by atoms with Crippen molar-refractivity contribution in [3.8, 4) is 0 Å². The van der Waals surface area contributed by atoms with Gasteiger partial charge in [0.2, 0.25) is 11.8 Å². The number of nitrogens with zero attached hydrogens (tertiary/aromatic N) is 1. The Balaban J connectivity index is 1.55. The van der Waals surface area contributed by atoms with E-state index in [-0.39, 0.29) is 24.3 Å². The molecule has 0 bridgehead atoms. The van der Waals surface area contributed by atoms with Crippen LogP contribution in [0.4, 0.5) is 0 Å². The maximum atomic E-state index is 12.4. The van der Waals surface area contributed by atoms with Gasteiger partial charge in [-0.15, -0.1) is 0 Å². The predicted molar refractivity (Wildman–Crippen MR) is 108 cm³/mol. The van der Waals surface area contributed by atoms with Crippen LogP contribution in [0.1, 0.15) is 38.2 Å². The van der Waals surface area contributed by atoms with Crippen LogP contribution in [0.2, 0.25) is 0 Å². The van der Waals surface area contributed by atoms with E-state index in [1.807, 2.05) is 18.7 Å². The molecule has 5 nitrogen and oxygen atoms in total. The lowest BCUT2D eigenvalue weighted by Gasteiger charge is -2.33. The van der Waals surface area contributed by atoms with Gasteiger partial charge < -0.3 is 16.0 Å². The minimum atomic E-state index is -0.574. The monoisotopic (exact) mass is 367 g/mol. The Morgan fingerprint density at radius 1 is 1.11 bits per heavy atom. The summed E-state index contributed by atoms with van der Waals surface area (Å²) in [6.45, 7) is 5.25. The first-order chi connectivity index (χ1) is 13.0. The second kappa shape index (κ2) is 8.53. The van der Waals surface area contributed by atoms with Crippen LogP contribution in [0.3, 0.4) is 0 Å². The number of hydrogen-bond acceptors (Lipinski definition) is 3. The van der Waals surface area contributed by atoms with E-state index in [4.69, 9.17) is 5.73 Å². The first-order valence-electron chi connectivity index (χ1n) is 9.76. The minimum Gasteiger partial charge on any atom is -0.346 e. The highest BCUT2D eigenvalue weighted by molar-refractivity contribution is 5.88. The Kier molecular flexibility index (Phi) is 6.11. The van der Waals surface area contributed by atoms with E-state index < -0.39 is 6.04 Å². The van der Waals surface area contributed by atoms with E-state index in [1.54, 1.807) is 0 Å². The molecule has 0 saturated carbocycles. The van der Waals surface area contributed by atoms with Crippen molar-refractivity contribution in [2.24, 2.45) is 11.7 Å². The quantitative estimate of drug-likeness (QED) is 0.853. The van der Waals surface area contributed by atoms with Gasteiger partial charge in [0.1, 0.15) is 0 Å². The normalized spacial score (nSPS) is 16.5. The van der Waals surface area contributed by atoms with E-state index >= 15 is 0 Å². The van der Waals surface area contributed by atoms with Crippen molar-refractivity contribution >= 4 is 22.6 Å². The van der Waals surface area contributed by atoms with Gasteiger partial charge in [-0.3, -0.25) is 9.59 Å². The highest BCUT2D eigenvalue weighted by Crippen LogP contribution is 2.33. The summed E-state index contributed by atoms with van der Waals surface area (Å²) in [5, 5.41) is 5.24. The molecule has 5 heteroatoms. The molecule has 1 heterocycles. The molecule has 0 aliphatic carbocycles. The van der Waals surface area contributed by atoms with E-state index in [0.717, 1.165) is 25.9 Å². The Labute approximate surface area is 160 Å².